The van der Waals surface area contributed by atoms with E-state index in [4.69, 9.17) is 11.6 Å². The molecule has 22 heavy (non-hydrogen) atoms. The molecule has 0 aliphatic heterocycles. The number of rotatable bonds is 2. The van der Waals surface area contributed by atoms with Crippen molar-refractivity contribution < 1.29 is 5.11 Å². The van der Waals surface area contributed by atoms with Crippen molar-refractivity contribution in [2.24, 2.45) is 0 Å². The van der Waals surface area contributed by atoms with Gasteiger partial charge < -0.3 is 5.11 Å². The Morgan fingerprint density at radius 2 is 1.82 bits per heavy atom. The predicted octanol–water partition coefficient (Wildman–Crippen LogP) is 3.87. The van der Waals surface area contributed by atoms with E-state index in [-0.39, 0.29) is 17.2 Å². The third-order valence-electron chi connectivity index (χ3n) is 3.48. The Morgan fingerprint density at radius 3 is 2.45 bits per heavy atom. The summed E-state index contributed by atoms with van der Waals surface area (Å²) in [6.45, 7) is 3.95. The second-order valence-corrected chi connectivity index (χ2v) is 5.88. The highest BCUT2D eigenvalue weighted by Crippen LogP contribution is 2.22. The minimum Gasteiger partial charge on any atom is -0.508 e. The molecular formula is C17H15ClN2O2. The Labute approximate surface area is 132 Å². The first kappa shape index (κ1) is 14.6. The normalized spacial score (nSPS) is 11.3. The van der Waals surface area contributed by atoms with Gasteiger partial charge in [0.25, 0.3) is 5.56 Å². The highest BCUT2D eigenvalue weighted by molar-refractivity contribution is 6.30. The van der Waals surface area contributed by atoms with Crippen LogP contribution in [0.4, 0.5) is 0 Å². The minimum absolute atomic E-state index is 0.0510. The Kier molecular flexibility index (Phi) is 3.62. The van der Waals surface area contributed by atoms with Gasteiger partial charge in [-0.05, 0) is 36.4 Å². The molecule has 0 saturated heterocycles. The lowest BCUT2D eigenvalue weighted by Gasteiger charge is -2.16. The summed E-state index contributed by atoms with van der Waals surface area (Å²) in [6, 6.07) is 11.7. The number of aromatic nitrogens is 2. The number of hydrogen-bond donors (Lipinski definition) is 1. The minimum atomic E-state index is -0.156. The maximum absolute atomic E-state index is 12.9. The lowest BCUT2D eigenvalue weighted by molar-refractivity contribution is 0.476. The molecule has 1 heterocycles. The first-order valence-electron chi connectivity index (χ1n) is 6.99. The van der Waals surface area contributed by atoms with E-state index in [0.717, 1.165) is 5.69 Å². The van der Waals surface area contributed by atoms with Gasteiger partial charge in [0, 0.05) is 17.0 Å². The summed E-state index contributed by atoms with van der Waals surface area (Å²) < 4.78 is 1.60. The zero-order chi connectivity index (χ0) is 15.9. The number of fused-ring (bicyclic) bond motifs is 1. The van der Waals surface area contributed by atoms with Crippen molar-refractivity contribution in [3.63, 3.8) is 0 Å². The molecule has 112 valence electrons. The van der Waals surface area contributed by atoms with Crippen molar-refractivity contribution in [2.45, 2.75) is 19.8 Å². The number of nitrogens with zero attached hydrogens (tertiary/aromatic N) is 2. The van der Waals surface area contributed by atoms with Crippen molar-refractivity contribution in [1.82, 2.24) is 9.55 Å². The van der Waals surface area contributed by atoms with Gasteiger partial charge in [0.05, 0.1) is 16.6 Å². The van der Waals surface area contributed by atoms with E-state index in [9.17, 15) is 9.90 Å². The van der Waals surface area contributed by atoms with Gasteiger partial charge in [0.1, 0.15) is 11.6 Å². The van der Waals surface area contributed by atoms with Crippen LogP contribution in [0.25, 0.3) is 16.6 Å². The lowest BCUT2D eigenvalue weighted by atomic mass is 10.1. The summed E-state index contributed by atoms with van der Waals surface area (Å²) in [5.74, 6) is 0.791. The third-order valence-corrected chi connectivity index (χ3v) is 3.73. The highest BCUT2D eigenvalue weighted by atomic mass is 35.5. The molecule has 0 spiro atoms. The molecule has 0 saturated carbocycles. The second-order valence-electron chi connectivity index (χ2n) is 5.44. The summed E-state index contributed by atoms with van der Waals surface area (Å²) in [7, 11) is 0. The maximum atomic E-state index is 12.9. The Balaban J connectivity index is 2.39. The van der Waals surface area contributed by atoms with Crippen LogP contribution in [-0.2, 0) is 0 Å². The Hall–Kier alpha value is -2.33. The van der Waals surface area contributed by atoms with Crippen LogP contribution in [0, 0.1) is 0 Å². The van der Waals surface area contributed by atoms with E-state index in [1.165, 1.54) is 12.1 Å². The van der Waals surface area contributed by atoms with Crippen molar-refractivity contribution >= 4 is 22.5 Å². The van der Waals surface area contributed by atoms with Gasteiger partial charge in [0.2, 0.25) is 0 Å². The van der Waals surface area contributed by atoms with Crippen LogP contribution in [-0.4, -0.2) is 14.7 Å². The Bertz CT molecular complexity index is 899. The van der Waals surface area contributed by atoms with Crippen LogP contribution in [0.5, 0.6) is 5.75 Å². The zero-order valence-electron chi connectivity index (χ0n) is 12.2. The fourth-order valence-corrected chi connectivity index (χ4v) is 2.54. The van der Waals surface area contributed by atoms with Crippen molar-refractivity contribution in [3.05, 3.63) is 63.7 Å². The second kappa shape index (κ2) is 5.46. The smallest absolute Gasteiger partial charge is 0.265 e. The molecule has 3 aromatic rings. The van der Waals surface area contributed by atoms with E-state index >= 15 is 0 Å². The number of phenols is 1. The summed E-state index contributed by atoms with van der Waals surface area (Å²) in [5.41, 5.74) is 1.07. The fourth-order valence-electron chi connectivity index (χ4n) is 2.42. The van der Waals surface area contributed by atoms with E-state index in [1.807, 2.05) is 13.8 Å². The molecule has 0 aliphatic rings. The van der Waals surface area contributed by atoms with E-state index in [1.54, 1.807) is 34.9 Å². The first-order chi connectivity index (χ1) is 10.5. The molecule has 0 bridgehead atoms. The number of aromatic hydroxyl groups is 1. The van der Waals surface area contributed by atoms with Crippen LogP contribution in [0.3, 0.4) is 0 Å². The van der Waals surface area contributed by atoms with Crippen LogP contribution in [0.15, 0.2) is 47.3 Å². The average Bonchev–Trinajstić information content (AvgIpc) is 2.48. The largest absolute Gasteiger partial charge is 0.508 e. The van der Waals surface area contributed by atoms with Gasteiger partial charge >= 0.3 is 0 Å². The predicted molar refractivity (Wildman–Crippen MR) is 88.1 cm³/mol. The van der Waals surface area contributed by atoms with Gasteiger partial charge in [-0.1, -0.05) is 25.4 Å². The van der Waals surface area contributed by atoms with Crippen LogP contribution in [0.1, 0.15) is 25.6 Å². The molecular weight excluding hydrogens is 300 g/mol. The molecule has 0 radical (unpaired) electrons. The number of hydrogen-bond acceptors (Lipinski definition) is 3. The molecule has 0 amide bonds. The molecule has 0 aliphatic carbocycles. The van der Waals surface area contributed by atoms with Gasteiger partial charge in [-0.15, -0.1) is 0 Å². The monoisotopic (exact) mass is 314 g/mol. The molecule has 1 aromatic heterocycles. The molecule has 0 fully saturated rings. The first-order valence-corrected chi connectivity index (χ1v) is 7.37. The highest BCUT2D eigenvalue weighted by Gasteiger charge is 2.15. The topological polar surface area (TPSA) is 55.1 Å². The molecule has 4 nitrogen and oxygen atoms in total. The van der Waals surface area contributed by atoms with Crippen LogP contribution >= 0.6 is 11.6 Å². The summed E-state index contributed by atoms with van der Waals surface area (Å²) in [6.07, 6.45) is 0. The standard InChI is InChI=1S/C17H15ClN2O2/c1-10(2)16-19-15-9-13(21)7-8-14(15)17(22)20(16)12-5-3-11(18)4-6-12/h3-10,21H,1-2H3. The third kappa shape index (κ3) is 2.46. The average molecular weight is 315 g/mol. The SMILES string of the molecule is CC(C)c1nc2cc(O)ccc2c(=O)n1-c1ccc(Cl)cc1. The van der Waals surface area contributed by atoms with E-state index in [2.05, 4.69) is 4.98 Å². The number of benzene rings is 2. The van der Waals surface area contributed by atoms with E-state index < -0.39 is 0 Å². The van der Waals surface area contributed by atoms with E-state index in [0.29, 0.717) is 21.7 Å². The Morgan fingerprint density at radius 1 is 1.14 bits per heavy atom. The molecule has 0 unspecified atom stereocenters. The summed E-state index contributed by atoms with van der Waals surface area (Å²) in [5, 5.41) is 10.7. The molecule has 0 atom stereocenters. The molecule has 1 N–H and O–H groups in total. The zero-order valence-corrected chi connectivity index (χ0v) is 13.0. The molecule has 3 rings (SSSR count). The maximum Gasteiger partial charge on any atom is 0.265 e. The van der Waals surface area contributed by atoms with Crippen molar-refractivity contribution in [1.29, 1.82) is 0 Å². The van der Waals surface area contributed by atoms with Gasteiger partial charge in [-0.3, -0.25) is 9.36 Å². The van der Waals surface area contributed by atoms with Crippen LogP contribution < -0.4 is 5.56 Å². The van der Waals surface area contributed by atoms with Crippen molar-refractivity contribution in [3.8, 4) is 11.4 Å². The van der Waals surface area contributed by atoms with Crippen LogP contribution in [0.2, 0.25) is 5.02 Å². The quantitative estimate of drug-likeness (QED) is 0.781. The summed E-state index contributed by atoms with van der Waals surface area (Å²) in [4.78, 5) is 17.4. The van der Waals surface area contributed by atoms with Gasteiger partial charge in [0.15, 0.2) is 0 Å². The molecule has 5 heteroatoms. The van der Waals surface area contributed by atoms with Gasteiger partial charge in [-0.2, -0.15) is 0 Å². The number of phenolic OH excluding ortho intramolecular Hbond substituents is 1. The lowest BCUT2D eigenvalue weighted by Crippen LogP contribution is -2.24. The summed E-state index contributed by atoms with van der Waals surface area (Å²) >= 11 is 5.92. The molecule has 2 aromatic carbocycles. The van der Waals surface area contributed by atoms with Gasteiger partial charge in [-0.25, -0.2) is 4.98 Å². The van der Waals surface area contributed by atoms with Crippen molar-refractivity contribution in [2.75, 3.05) is 0 Å². The fraction of sp³-hybridized carbons (Fsp3) is 0.176. The number of halogens is 1.